The summed E-state index contributed by atoms with van der Waals surface area (Å²) in [5.41, 5.74) is 6.39. The third kappa shape index (κ3) is 10.5. The first kappa shape index (κ1) is 35.8. The fourth-order valence-electron chi connectivity index (χ4n) is 5.89. The number of hydrogen-bond acceptors (Lipinski definition) is 7. The van der Waals surface area contributed by atoms with E-state index in [2.05, 4.69) is 41.7 Å². The number of ether oxygens (including phenoxy) is 6. The average molecular weight is 694 g/mol. The van der Waals surface area contributed by atoms with Crippen LogP contribution in [-0.4, -0.2) is 44.4 Å². The third-order valence-electron chi connectivity index (χ3n) is 8.59. The Hall–Kier alpha value is -4.05. The molecule has 0 saturated carbocycles. The van der Waals surface area contributed by atoms with E-state index in [1.165, 1.54) is 5.56 Å². The molecule has 1 unspecified atom stereocenters. The lowest BCUT2D eigenvalue weighted by Crippen LogP contribution is -2.61. The molecule has 5 atom stereocenters. The van der Waals surface area contributed by atoms with Crippen LogP contribution in [0.3, 0.4) is 0 Å². The van der Waals surface area contributed by atoms with Gasteiger partial charge < -0.3 is 33.7 Å². The summed E-state index contributed by atoms with van der Waals surface area (Å²) in [7, 11) is 1.62. The maximum absolute atomic E-state index is 6.69. The van der Waals surface area contributed by atoms with Crippen LogP contribution in [0, 0.1) is 0 Å². The summed E-state index contributed by atoms with van der Waals surface area (Å²) in [6.07, 6.45) is -2.86. The highest BCUT2D eigenvalue weighted by molar-refractivity contribution is 6.30. The molecule has 8 heteroatoms. The molecule has 1 N–H and O–H groups in total. The van der Waals surface area contributed by atoms with Gasteiger partial charge in [-0.1, -0.05) is 127 Å². The predicted octanol–water partition coefficient (Wildman–Crippen LogP) is 8.60. The topological polar surface area (TPSA) is 67.4 Å². The van der Waals surface area contributed by atoms with E-state index in [9.17, 15) is 0 Å². The van der Waals surface area contributed by atoms with E-state index in [0.717, 1.165) is 34.5 Å². The minimum atomic E-state index is -0.719. The molecule has 5 aromatic rings. The second-order valence-corrected chi connectivity index (χ2v) is 12.7. The van der Waals surface area contributed by atoms with Gasteiger partial charge in [0, 0.05) is 24.4 Å². The lowest BCUT2D eigenvalue weighted by molar-refractivity contribution is -0.323. The minimum absolute atomic E-state index is 0.266. The number of methoxy groups -OCH3 is 1. The first-order chi connectivity index (χ1) is 24.6. The van der Waals surface area contributed by atoms with E-state index in [0.29, 0.717) is 31.5 Å². The maximum atomic E-state index is 6.69. The molecule has 50 heavy (non-hydrogen) atoms. The highest BCUT2D eigenvalue weighted by atomic mass is 35.5. The second-order valence-electron chi connectivity index (χ2n) is 12.3. The van der Waals surface area contributed by atoms with E-state index in [1.807, 2.05) is 103 Å². The largest absolute Gasteiger partial charge is 0.381 e. The summed E-state index contributed by atoms with van der Waals surface area (Å²) in [6.45, 7) is 2.50. The van der Waals surface area contributed by atoms with Gasteiger partial charge in [0.2, 0.25) is 0 Å². The molecule has 0 aromatic heterocycles. The molecule has 7 nitrogen and oxygen atoms in total. The van der Waals surface area contributed by atoms with Gasteiger partial charge in [0.1, 0.15) is 24.4 Å². The van der Waals surface area contributed by atoms with Crippen LogP contribution in [0.5, 0.6) is 0 Å². The van der Waals surface area contributed by atoms with Crippen molar-refractivity contribution in [2.45, 2.75) is 63.7 Å². The SMILES string of the molecule is COC1O[C@H](COCc2ccc(NCc3ccccc3)cc2)[C@@H](OCc2ccccc2)[C@H](OCc2ccccc2)[C@H]1OCc1ccc(Cl)cc1. The fraction of sp³-hybridized carbons (Fsp3) is 0.286. The zero-order valence-corrected chi connectivity index (χ0v) is 29.0. The molecule has 0 radical (unpaired) electrons. The Kier molecular flexibility index (Phi) is 13.5. The van der Waals surface area contributed by atoms with Crippen molar-refractivity contribution in [3.05, 3.63) is 172 Å². The Morgan fingerprint density at radius 2 is 1.02 bits per heavy atom. The van der Waals surface area contributed by atoms with Gasteiger partial charge in [-0.3, -0.25) is 0 Å². The Morgan fingerprint density at radius 3 is 1.60 bits per heavy atom. The van der Waals surface area contributed by atoms with Crippen molar-refractivity contribution in [2.75, 3.05) is 19.0 Å². The van der Waals surface area contributed by atoms with Crippen molar-refractivity contribution in [3.8, 4) is 0 Å². The van der Waals surface area contributed by atoms with E-state index < -0.39 is 30.7 Å². The smallest absolute Gasteiger partial charge is 0.186 e. The van der Waals surface area contributed by atoms with Crippen LogP contribution in [0.2, 0.25) is 5.02 Å². The quantitative estimate of drug-likeness (QED) is 0.105. The number of rotatable bonds is 17. The molecule has 1 aliphatic rings. The molecule has 1 heterocycles. The molecule has 1 fully saturated rings. The van der Waals surface area contributed by atoms with Crippen LogP contribution in [0.15, 0.2) is 140 Å². The van der Waals surface area contributed by atoms with Gasteiger partial charge in [0.25, 0.3) is 0 Å². The average Bonchev–Trinajstić information content (AvgIpc) is 3.17. The minimum Gasteiger partial charge on any atom is -0.381 e. The van der Waals surface area contributed by atoms with Gasteiger partial charge in [-0.25, -0.2) is 0 Å². The monoisotopic (exact) mass is 693 g/mol. The van der Waals surface area contributed by atoms with Gasteiger partial charge in [-0.05, 0) is 52.1 Å². The standard InChI is InChI=1S/C42H44ClNO6/c1-45-42-41(49-29-35-17-21-36(43)22-18-35)40(48-28-33-15-9-4-10-16-33)39(47-27-32-13-7-3-8-14-32)38(50-42)30-46-26-34-19-23-37(24-20-34)44-25-31-11-5-2-6-12-31/h2-24,38-42,44H,25-30H2,1H3/t38-,39-,40+,41-,42?/m1/s1. The van der Waals surface area contributed by atoms with Crippen molar-refractivity contribution in [1.29, 1.82) is 0 Å². The van der Waals surface area contributed by atoms with Gasteiger partial charge in [-0.2, -0.15) is 0 Å². The highest BCUT2D eigenvalue weighted by Gasteiger charge is 2.48. The van der Waals surface area contributed by atoms with E-state index in [-0.39, 0.29) is 6.61 Å². The Balaban J connectivity index is 1.17. The van der Waals surface area contributed by atoms with E-state index >= 15 is 0 Å². The van der Waals surface area contributed by atoms with E-state index in [4.69, 9.17) is 40.0 Å². The summed E-state index contributed by atoms with van der Waals surface area (Å²) in [5, 5.41) is 4.14. The summed E-state index contributed by atoms with van der Waals surface area (Å²) < 4.78 is 38.7. The van der Waals surface area contributed by atoms with Gasteiger partial charge in [-0.15, -0.1) is 0 Å². The molecule has 0 aliphatic carbocycles. The molecule has 1 aliphatic heterocycles. The zero-order valence-electron chi connectivity index (χ0n) is 28.2. The molecular weight excluding hydrogens is 650 g/mol. The number of anilines is 1. The second kappa shape index (κ2) is 18.8. The Morgan fingerprint density at radius 1 is 0.540 bits per heavy atom. The lowest BCUT2D eigenvalue weighted by atomic mass is 9.97. The molecule has 0 bridgehead atoms. The predicted molar refractivity (Wildman–Crippen MR) is 196 cm³/mol. The molecule has 6 rings (SSSR count). The van der Waals surface area contributed by atoms with Crippen LogP contribution in [0.25, 0.3) is 0 Å². The molecule has 260 valence electrons. The summed E-state index contributed by atoms with van der Waals surface area (Å²) in [4.78, 5) is 0. The summed E-state index contributed by atoms with van der Waals surface area (Å²) in [6, 6.07) is 46.4. The van der Waals surface area contributed by atoms with E-state index in [1.54, 1.807) is 7.11 Å². The summed E-state index contributed by atoms with van der Waals surface area (Å²) in [5.74, 6) is 0. The maximum Gasteiger partial charge on any atom is 0.186 e. The number of nitrogens with one attached hydrogen (secondary N) is 1. The van der Waals surface area contributed by atoms with Crippen molar-refractivity contribution >= 4 is 17.3 Å². The highest BCUT2D eigenvalue weighted by Crippen LogP contribution is 2.31. The number of halogens is 1. The van der Waals surface area contributed by atoms with Crippen molar-refractivity contribution in [2.24, 2.45) is 0 Å². The van der Waals surface area contributed by atoms with Crippen LogP contribution in [0.4, 0.5) is 5.69 Å². The van der Waals surface area contributed by atoms with Crippen molar-refractivity contribution in [1.82, 2.24) is 0 Å². The first-order valence-electron chi connectivity index (χ1n) is 16.9. The Bertz CT molecular complexity index is 1680. The Labute approximate surface area is 300 Å². The van der Waals surface area contributed by atoms with Crippen LogP contribution < -0.4 is 5.32 Å². The third-order valence-corrected chi connectivity index (χ3v) is 8.85. The van der Waals surface area contributed by atoms with Crippen LogP contribution >= 0.6 is 11.6 Å². The van der Waals surface area contributed by atoms with Crippen molar-refractivity contribution in [3.63, 3.8) is 0 Å². The first-order valence-corrected chi connectivity index (χ1v) is 17.3. The molecule has 5 aromatic carbocycles. The fourth-order valence-corrected chi connectivity index (χ4v) is 6.01. The number of benzene rings is 5. The van der Waals surface area contributed by atoms with Gasteiger partial charge in [0.05, 0.1) is 33.0 Å². The number of hydrogen-bond donors (Lipinski definition) is 1. The summed E-state index contributed by atoms with van der Waals surface area (Å²) >= 11 is 6.14. The molecule has 0 spiro atoms. The molecular formula is C42H44ClNO6. The van der Waals surface area contributed by atoms with Crippen LogP contribution in [0.1, 0.15) is 27.8 Å². The van der Waals surface area contributed by atoms with Gasteiger partial charge in [0.15, 0.2) is 6.29 Å². The zero-order chi connectivity index (χ0) is 34.4. The molecule has 0 amide bonds. The van der Waals surface area contributed by atoms with Crippen LogP contribution in [-0.2, 0) is 61.4 Å². The van der Waals surface area contributed by atoms with Crippen molar-refractivity contribution < 1.29 is 28.4 Å². The van der Waals surface area contributed by atoms with Gasteiger partial charge >= 0.3 is 0 Å². The normalized spacial score (nSPS) is 20.4. The lowest BCUT2D eigenvalue weighted by Gasteiger charge is -2.45. The molecule has 1 saturated heterocycles.